The minimum absolute atomic E-state index is 0.00221. The molecule has 1 N–H and O–H groups in total. The van der Waals surface area contributed by atoms with Gasteiger partial charge < -0.3 is 10.1 Å². The molecule has 6 heteroatoms. The molecule has 0 aromatic carbocycles. The van der Waals surface area contributed by atoms with Crippen molar-refractivity contribution in [3.8, 4) is 0 Å². The zero-order chi connectivity index (χ0) is 17.0. The quantitative estimate of drug-likeness (QED) is 0.794. The second kappa shape index (κ2) is 7.25. The molecule has 128 valence electrons. The predicted molar refractivity (Wildman–Crippen MR) is 87.0 cm³/mol. The van der Waals surface area contributed by atoms with Crippen molar-refractivity contribution in [3.63, 3.8) is 0 Å². The van der Waals surface area contributed by atoms with E-state index in [4.69, 9.17) is 4.74 Å². The number of ketones is 1. The van der Waals surface area contributed by atoms with E-state index in [1.807, 2.05) is 18.5 Å². The van der Waals surface area contributed by atoms with Gasteiger partial charge in [-0.15, -0.1) is 0 Å². The van der Waals surface area contributed by atoms with Crippen LogP contribution in [0, 0.1) is 19.3 Å². The first kappa shape index (κ1) is 17.7. The van der Waals surface area contributed by atoms with E-state index in [1.54, 1.807) is 14.0 Å². The van der Waals surface area contributed by atoms with E-state index in [9.17, 15) is 9.59 Å². The maximum absolute atomic E-state index is 12.5. The number of carbonyl (C=O) groups is 2. The Morgan fingerprint density at radius 1 is 1.35 bits per heavy atom. The van der Waals surface area contributed by atoms with Gasteiger partial charge in [0.25, 0.3) is 0 Å². The summed E-state index contributed by atoms with van der Waals surface area (Å²) in [5, 5.41) is 7.52. The van der Waals surface area contributed by atoms with Crippen LogP contribution in [0.15, 0.2) is 0 Å². The van der Waals surface area contributed by atoms with E-state index in [-0.39, 0.29) is 11.7 Å². The van der Waals surface area contributed by atoms with E-state index >= 15 is 0 Å². The first-order chi connectivity index (χ1) is 10.9. The minimum atomic E-state index is -0.473. The highest BCUT2D eigenvalue weighted by Gasteiger charge is 2.44. The molecule has 0 atom stereocenters. The Hall–Kier alpha value is -1.69. The van der Waals surface area contributed by atoms with Crippen molar-refractivity contribution < 1.29 is 14.3 Å². The zero-order valence-corrected chi connectivity index (χ0v) is 14.6. The van der Waals surface area contributed by atoms with Gasteiger partial charge in [0.2, 0.25) is 5.91 Å². The fourth-order valence-electron chi connectivity index (χ4n) is 3.31. The van der Waals surface area contributed by atoms with Crippen molar-refractivity contribution in [1.29, 1.82) is 0 Å². The van der Waals surface area contributed by atoms with E-state index in [1.165, 1.54) is 0 Å². The van der Waals surface area contributed by atoms with Gasteiger partial charge in [-0.2, -0.15) is 5.10 Å². The zero-order valence-electron chi connectivity index (χ0n) is 14.6. The van der Waals surface area contributed by atoms with Crippen molar-refractivity contribution in [2.75, 3.05) is 13.7 Å². The molecule has 1 fully saturated rings. The second-order valence-corrected chi connectivity index (χ2v) is 6.56. The number of aryl methyl sites for hydroxylation is 1. The Morgan fingerprint density at radius 3 is 2.57 bits per heavy atom. The molecule has 6 nitrogen and oxygen atoms in total. The smallest absolute Gasteiger partial charge is 0.226 e. The number of hydrogen-bond donors (Lipinski definition) is 1. The van der Waals surface area contributed by atoms with E-state index < -0.39 is 5.41 Å². The lowest BCUT2D eigenvalue weighted by atomic mass is 9.65. The van der Waals surface area contributed by atoms with Crippen LogP contribution < -0.4 is 5.32 Å². The fraction of sp³-hybridized carbons (Fsp3) is 0.706. The van der Waals surface area contributed by atoms with Gasteiger partial charge in [0, 0.05) is 31.3 Å². The molecule has 1 saturated carbocycles. The van der Waals surface area contributed by atoms with Crippen LogP contribution in [0.4, 0.5) is 0 Å². The van der Waals surface area contributed by atoms with Crippen molar-refractivity contribution in [2.45, 2.75) is 59.5 Å². The summed E-state index contributed by atoms with van der Waals surface area (Å²) in [5.74, 6) is 0.0852. The average Bonchev–Trinajstić information content (AvgIpc) is 2.72. The third-order valence-electron chi connectivity index (χ3n) is 4.84. The molecule has 1 aliphatic rings. The van der Waals surface area contributed by atoms with Crippen molar-refractivity contribution in [3.05, 3.63) is 17.0 Å². The summed E-state index contributed by atoms with van der Waals surface area (Å²) in [6, 6.07) is 0. The Kier molecular flexibility index (Phi) is 5.57. The lowest BCUT2D eigenvalue weighted by Gasteiger charge is -2.39. The van der Waals surface area contributed by atoms with Crippen LogP contribution in [0.25, 0.3) is 0 Å². The maximum Gasteiger partial charge on any atom is 0.226 e. The van der Waals surface area contributed by atoms with Crippen LogP contribution in [0.1, 0.15) is 49.6 Å². The molecule has 1 amide bonds. The van der Waals surface area contributed by atoms with Gasteiger partial charge >= 0.3 is 0 Å². The number of carbonyl (C=O) groups excluding carboxylic acids is 2. The summed E-state index contributed by atoms with van der Waals surface area (Å²) in [6.45, 7) is 7.28. The Morgan fingerprint density at radius 2 is 2.04 bits per heavy atom. The molecule has 0 unspecified atom stereocenters. The lowest BCUT2D eigenvalue weighted by Crippen LogP contribution is -2.46. The molecule has 0 aliphatic heterocycles. The summed E-state index contributed by atoms with van der Waals surface area (Å²) in [6.07, 6.45) is 2.99. The van der Waals surface area contributed by atoms with Crippen LogP contribution in [0.2, 0.25) is 0 Å². The van der Waals surface area contributed by atoms with Crippen LogP contribution in [0.5, 0.6) is 0 Å². The molecule has 0 radical (unpaired) electrons. The Balaban J connectivity index is 2.01. The van der Waals surface area contributed by atoms with Crippen LogP contribution in [-0.2, 0) is 27.4 Å². The first-order valence-corrected chi connectivity index (χ1v) is 8.19. The summed E-state index contributed by atoms with van der Waals surface area (Å²) < 4.78 is 7.00. The van der Waals surface area contributed by atoms with Gasteiger partial charge in [0.05, 0.1) is 24.3 Å². The summed E-state index contributed by atoms with van der Waals surface area (Å²) in [7, 11) is 1.67. The first-order valence-electron chi connectivity index (χ1n) is 8.19. The number of ether oxygens (including phenoxy) is 1. The van der Waals surface area contributed by atoms with E-state index in [0.29, 0.717) is 26.1 Å². The highest BCUT2D eigenvalue weighted by Crippen LogP contribution is 2.44. The summed E-state index contributed by atoms with van der Waals surface area (Å²) >= 11 is 0. The normalized spacial score (nSPS) is 16.0. The molecule has 1 aromatic rings. The number of aromatic nitrogens is 2. The maximum atomic E-state index is 12.5. The molecular formula is C17H27N3O3. The van der Waals surface area contributed by atoms with Crippen molar-refractivity contribution in [2.24, 2.45) is 5.41 Å². The second-order valence-electron chi connectivity index (χ2n) is 6.56. The van der Waals surface area contributed by atoms with Crippen LogP contribution in [-0.4, -0.2) is 35.2 Å². The lowest BCUT2D eigenvalue weighted by molar-refractivity contribution is -0.140. The number of nitrogens with one attached hydrogen (secondary N) is 1. The minimum Gasteiger partial charge on any atom is -0.383 e. The standard InChI is InChI=1S/C17H27N3O3/c1-12(21)10-17(6-5-7-17)16(22)18-11-15-13(2)19-20(14(15)3)8-9-23-4/h5-11H2,1-4H3,(H,18,22). The van der Waals surface area contributed by atoms with E-state index in [2.05, 4.69) is 10.4 Å². The molecule has 1 aliphatic carbocycles. The molecular weight excluding hydrogens is 294 g/mol. The fourth-order valence-corrected chi connectivity index (χ4v) is 3.31. The number of Topliss-reactive ketones (excluding diaryl/α,β-unsaturated/α-hetero) is 1. The molecule has 0 bridgehead atoms. The predicted octanol–water partition coefficient (Wildman–Crippen LogP) is 1.91. The number of rotatable bonds is 8. The summed E-state index contributed by atoms with van der Waals surface area (Å²) in [4.78, 5) is 24.0. The molecule has 1 heterocycles. The summed E-state index contributed by atoms with van der Waals surface area (Å²) in [5.41, 5.74) is 2.55. The van der Waals surface area contributed by atoms with Gasteiger partial charge in [-0.3, -0.25) is 14.3 Å². The van der Waals surface area contributed by atoms with E-state index in [0.717, 1.165) is 36.2 Å². The number of hydrogen-bond acceptors (Lipinski definition) is 4. The van der Waals surface area contributed by atoms with Gasteiger partial charge in [-0.05, 0) is 33.6 Å². The highest BCUT2D eigenvalue weighted by molar-refractivity contribution is 5.89. The van der Waals surface area contributed by atoms with Gasteiger partial charge in [0.1, 0.15) is 5.78 Å². The molecule has 1 aromatic heterocycles. The van der Waals surface area contributed by atoms with Gasteiger partial charge in [-0.25, -0.2) is 0 Å². The third kappa shape index (κ3) is 3.80. The molecule has 0 saturated heterocycles. The molecule has 0 spiro atoms. The largest absolute Gasteiger partial charge is 0.383 e. The average molecular weight is 321 g/mol. The number of amides is 1. The van der Waals surface area contributed by atoms with Crippen LogP contribution >= 0.6 is 0 Å². The molecule has 23 heavy (non-hydrogen) atoms. The van der Waals surface area contributed by atoms with Crippen LogP contribution in [0.3, 0.4) is 0 Å². The van der Waals surface area contributed by atoms with Crippen molar-refractivity contribution in [1.82, 2.24) is 15.1 Å². The Labute approximate surface area is 137 Å². The Bertz CT molecular complexity index is 588. The SMILES string of the molecule is COCCn1nc(C)c(CNC(=O)C2(CC(C)=O)CCC2)c1C. The third-order valence-corrected chi connectivity index (χ3v) is 4.84. The van der Waals surface area contributed by atoms with Gasteiger partial charge in [-0.1, -0.05) is 6.42 Å². The van der Waals surface area contributed by atoms with Gasteiger partial charge in [0.15, 0.2) is 0 Å². The topological polar surface area (TPSA) is 73.2 Å². The monoisotopic (exact) mass is 321 g/mol. The number of nitrogens with zero attached hydrogens (tertiary/aromatic N) is 2. The molecule has 2 rings (SSSR count). The number of methoxy groups -OCH3 is 1. The highest BCUT2D eigenvalue weighted by atomic mass is 16.5. The van der Waals surface area contributed by atoms with Crippen molar-refractivity contribution >= 4 is 11.7 Å².